The van der Waals surface area contributed by atoms with E-state index in [1.54, 1.807) is 22.7 Å². The predicted molar refractivity (Wildman–Crippen MR) is 181 cm³/mol. The fourth-order valence-corrected chi connectivity index (χ4v) is 6.52. The Hall–Kier alpha value is -3.69. The highest BCUT2D eigenvalue weighted by molar-refractivity contribution is 7.17. The molecule has 220 valence electrons. The molecule has 0 aliphatic heterocycles. The molecule has 0 atom stereocenters. The summed E-state index contributed by atoms with van der Waals surface area (Å²) in [5, 5.41) is 14.9. The first-order chi connectivity index (χ1) is 20.3. The number of hydrogen-bond acceptors (Lipinski definition) is 7. The summed E-state index contributed by atoms with van der Waals surface area (Å²) in [5.41, 5.74) is 17.3. The number of hydrogen-bond donors (Lipinski definition) is 2. The molecule has 7 nitrogen and oxygen atoms in total. The Balaban J connectivity index is 1.41. The molecule has 0 unspecified atom stereocenters. The first-order valence-corrected chi connectivity index (χ1v) is 16.2. The minimum Gasteiger partial charge on any atom is -0.367 e. The summed E-state index contributed by atoms with van der Waals surface area (Å²) in [4.78, 5) is 11.6. The van der Waals surface area contributed by atoms with E-state index < -0.39 is 0 Å². The van der Waals surface area contributed by atoms with E-state index in [0.29, 0.717) is 0 Å². The number of nitrogens with zero attached hydrogens (tertiary/aromatic N) is 5. The molecule has 0 aliphatic rings. The molecule has 0 spiro atoms. The minimum atomic E-state index is 0.115. The topological polar surface area (TPSA) is 101 Å². The Bertz CT molecular complexity index is 1560. The zero-order chi connectivity index (χ0) is 30.1. The summed E-state index contributed by atoms with van der Waals surface area (Å²) < 4.78 is 0. The molecule has 0 bridgehead atoms. The van der Waals surface area contributed by atoms with Crippen molar-refractivity contribution < 1.29 is 0 Å². The van der Waals surface area contributed by atoms with Gasteiger partial charge in [0.25, 0.3) is 0 Å². The Morgan fingerprint density at radius 3 is 1.62 bits per heavy atom. The van der Waals surface area contributed by atoms with E-state index in [1.165, 1.54) is 36.8 Å². The predicted octanol–water partition coefficient (Wildman–Crippen LogP) is 8.29. The number of aromatic nitrogens is 2. The van der Waals surface area contributed by atoms with Gasteiger partial charge in [-0.2, -0.15) is 10.2 Å². The van der Waals surface area contributed by atoms with Crippen molar-refractivity contribution in [2.75, 3.05) is 0 Å². The molecule has 3 N–H and O–H groups in total. The van der Waals surface area contributed by atoms with Crippen LogP contribution in [0.2, 0.25) is 0 Å². The van der Waals surface area contributed by atoms with Gasteiger partial charge < -0.3 is 5.73 Å². The number of unbranched alkanes of at least 4 members (excludes halogenated alkanes) is 2. The minimum absolute atomic E-state index is 0.115. The van der Waals surface area contributed by atoms with Crippen LogP contribution in [0.4, 0.5) is 0 Å². The largest absolute Gasteiger partial charge is 0.367 e. The van der Waals surface area contributed by atoms with E-state index in [1.807, 2.05) is 27.7 Å². The van der Waals surface area contributed by atoms with Crippen LogP contribution in [0.3, 0.4) is 0 Å². The number of guanidine groups is 1. The van der Waals surface area contributed by atoms with Crippen molar-refractivity contribution >= 4 is 40.1 Å². The van der Waals surface area contributed by atoms with Gasteiger partial charge in [0.1, 0.15) is 10.0 Å². The highest BCUT2D eigenvalue weighted by Gasteiger charge is 2.14. The lowest BCUT2D eigenvalue weighted by atomic mass is 10.1. The normalized spacial score (nSPS) is 12.7. The van der Waals surface area contributed by atoms with Crippen molar-refractivity contribution in [2.24, 2.45) is 21.0 Å². The van der Waals surface area contributed by atoms with E-state index in [2.05, 4.69) is 83.1 Å². The molecule has 2 aromatic heterocycles. The van der Waals surface area contributed by atoms with E-state index >= 15 is 0 Å². The van der Waals surface area contributed by atoms with Crippen LogP contribution >= 0.6 is 22.7 Å². The van der Waals surface area contributed by atoms with Gasteiger partial charge in [0.05, 0.1) is 32.6 Å². The third-order valence-electron chi connectivity index (χ3n) is 6.94. The zero-order valence-electron chi connectivity index (χ0n) is 25.5. The molecule has 2 aromatic carbocycles. The van der Waals surface area contributed by atoms with Crippen LogP contribution in [0, 0.1) is 13.8 Å². The second kappa shape index (κ2) is 15.0. The second-order valence-electron chi connectivity index (χ2n) is 10.4. The van der Waals surface area contributed by atoms with Crippen LogP contribution in [0.15, 0.2) is 63.8 Å². The number of benzene rings is 2. The van der Waals surface area contributed by atoms with Crippen LogP contribution in [0.1, 0.15) is 85.6 Å². The third-order valence-corrected chi connectivity index (χ3v) is 9.57. The summed E-state index contributed by atoms with van der Waals surface area (Å²) in [7, 11) is 0. The molecular formula is C33H41N7S2. The molecule has 0 saturated carbocycles. The van der Waals surface area contributed by atoms with Crippen molar-refractivity contribution in [3.63, 3.8) is 0 Å². The highest BCUT2D eigenvalue weighted by Crippen LogP contribution is 2.30. The van der Waals surface area contributed by atoms with E-state index in [4.69, 9.17) is 15.7 Å². The van der Waals surface area contributed by atoms with Crippen molar-refractivity contribution in [1.29, 1.82) is 0 Å². The molecule has 0 saturated heterocycles. The Morgan fingerprint density at radius 1 is 0.714 bits per heavy atom. The van der Waals surface area contributed by atoms with E-state index in [0.717, 1.165) is 66.5 Å². The maximum atomic E-state index is 6.09. The van der Waals surface area contributed by atoms with Crippen molar-refractivity contribution in [3.8, 4) is 21.1 Å². The van der Waals surface area contributed by atoms with Crippen molar-refractivity contribution in [1.82, 2.24) is 15.4 Å². The van der Waals surface area contributed by atoms with Gasteiger partial charge in [-0.15, -0.1) is 27.8 Å². The van der Waals surface area contributed by atoms with Gasteiger partial charge in [-0.3, -0.25) is 0 Å². The Labute approximate surface area is 257 Å². The van der Waals surface area contributed by atoms with Gasteiger partial charge in [-0.05, 0) is 64.5 Å². The number of nitrogens with one attached hydrogen (secondary N) is 1. The number of nitrogens with two attached hydrogens (primary N) is 1. The molecule has 4 aromatic rings. The highest BCUT2D eigenvalue weighted by atomic mass is 32.1. The van der Waals surface area contributed by atoms with Crippen LogP contribution in [-0.2, 0) is 12.8 Å². The van der Waals surface area contributed by atoms with Crippen LogP contribution < -0.4 is 11.2 Å². The number of thiazole rings is 2. The lowest BCUT2D eigenvalue weighted by Crippen LogP contribution is -2.27. The van der Waals surface area contributed by atoms with Crippen molar-refractivity contribution in [2.45, 2.75) is 80.1 Å². The SMILES string of the molecule is CCCCc1ccc(-c2nc(C)c(/C(C)=N/N=C(N)N/N=C(\C)c3sc(-c4ccc(CCCC)cc4)nc3C)s2)cc1. The van der Waals surface area contributed by atoms with Gasteiger partial charge in [0.2, 0.25) is 5.96 Å². The van der Waals surface area contributed by atoms with Gasteiger partial charge in [-0.25, -0.2) is 15.4 Å². The summed E-state index contributed by atoms with van der Waals surface area (Å²) in [5.74, 6) is 0.115. The molecule has 42 heavy (non-hydrogen) atoms. The fourth-order valence-electron chi connectivity index (χ4n) is 4.49. The first kappa shape index (κ1) is 31.3. The molecule has 4 rings (SSSR count). The Morgan fingerprint density at radius 2 is 1.17 bits per heavy atom. The average molecular weight is 600 g/mol. The maximum absolute atomic E-state index is 6.09. The average Bonchev–Trinajstić information content (AvgIpc) is 3.59. The summed E-state index contributed by atoms with van der Waals surface area (Å²) in [6.45, 7) is 12.3. The van der Waals surface area contributed by atoms with Crippen LogP contribution in [0.25, 0.3) is 21.1 Å². The van der Waals surface area contributed by atoms with Gasteiger partial charge in [-0.1, -0.05) is 75.2 Å². The summed E-state index contributed by atoms with van der Waals surface area (Å²) >= 11 is 3.23. The Kier molecular flexibility index (Phi) is 11.1. The lowest BCUT2D eigenvalue weighted by molar-refractivity contribution is 0.795. The fraction of sp³-hybridized carbons (Fsp3) is 0.364. The number of hydrazone groups is 1. The molecule has 0 fully saturated rings. The number of rotatable bonds is 12. The standard InChI is InChI=1S/C33H41N7S2/c1-7-9-11-25-13-17-27(18-14-25)31-35-21(3)29(41-31)23(5)37-39-33(34)40-38-24(6)30-22(4)36-32(42-30)28-19-15-26(16-20-28)12-10-8-2/h13-20H,7-12H2,1-6H3,(H3,34,39,40)/b37-23+,38-24+. The summed E-state index contributed by atoms with van der Waals surface area (Å²) in [6.07, 6.45) is 7.04. The smallest absolute Gasteiger partial charge is 0.234 e. The van der Waals surface area contributed by atoms with Gasteiger partial charge >= 0.3 is 0 Å². The molecule has 9 heteroatoms. The number of aryl methyl sites for hydroxylation is 4. The van der Waals surface area contributed by atoms with E-state index in [-0.39, 0.29) is 5.96 Å². The van der Waals surface area contributed by atoms with Gasteiger partial charge in [0, 0.05) is 11.1 Å². The molecule has 0 aliphatic carbocycles. The monoisotopic (exact) mass is 599 g/mol. The van der Waals surface area contributed by atoms with Gasteiger partial charge in [0.15, 0.2) is 0 Å². The zero-order valence-corrected chi connectivity index (χ0v) is 27.1. The molecule has 0 amide bonds. The van der Waals surface area contributed by atoms with E-state index in [9.17, 15) is 0 Å². The summed E-state index contributed by atoms with van der Waals surface area (Å²) in [6, 6.07) is 17.4. The molecule has 0 radical (unpaired) electrons. The molecule has 2 heterocycles. The van der Waals surface area contributed by atoms with Crippen molar-refractivity contribution in [3.05, 3.63) is 80.8 Å². The van der Waals surface area contributed by atoms with Crippen LogP contribution in [-0.4, -0.2) is 27.4 Å². The second-order valence-corrected chi connectivity index (χ2v) is 12.4. The van der Waals surface area contributed by atoms with Crippen LogP contribution in [0.5, 0.6) is 0 Å². The third kappa shape index (κ3) is 8.20. The quantitative estimate of drug-likeness (QED) is 0.0972. The first-order valence-electron chi connectivity index (χ1n) is 14.6. The maximum Gasteiger partial charge on any atom is 0.234 e. The lowest BCUT2D eigenvalue weighted by Gasteiger charge is -2.02. The molecular weight excluding hydrogens is 559 g/mol.